The van der Waals surface area contributed by atoms with Gasteiger partial charge in [0.1, 0.15) is 5.75 Å². The summed E-state index contributed by atoms with van der Waals surface area (Å²) in [6, 6.07) is 5.94. The van der Waals surface area contributed by atoms with Gasteiger partial charge in [-0.3, -0.25) is 4.79 Å². The van der Waals surface area contributed by atoms with E-state index in [0.29, 0.717) is 12.5 Å². The van der Waals surface area contributed by atoms with Crippen molar-refractivity contribution in [3.8, 4) is 5.75 Å². The summed E-state index contributed by atoms with van der Waals surface area (Å²) < 4.78 is 32.0. The van der Waals surface area contributed by atoms with Gasteiger partial charge in [-0.2, -0.15) is 0 Å². The van der Waals surface area contributed by atoms with Gasteiger partial charge in [0.05, 0.1) is 11.4 Å². The van der Waals surface area contributed by atoms with E-state index in [1.54, 1.807) is 18.7 Å². The van der Waals surface area contributed by atoms with E-state index in [4.69, 9.17) is 4.74 Å². The average Bonchev–Trinajstić information content (AvgIpc) is 2.68. The number of anilines is 2. The molecule has 1 amide bonds. The van der Waals surface area contributed by atoms with Crippen LogP contribution >= 0.6 is 12.4 Å². The lowest BCUT2D eigenvalue weighted by Crippen LogP contribution is -2.44. The zero-order valence-electron chi connectivity index (χ0n) is 17.3. The smallest absolute Gasteiger partial charge is 0.267 e. The summed E-state index contributed by atoms with van der Waals surface area (Å²) in [4.78, 5) is 14.0. The molecule has 1 unspecified atom stereocenters. The highest BCUT2D eigenvalue weighted by Gasteiger charge is 2.30. The van der Waals surface area contributed by atoms with Gasteiger partial charge in [-0.05, 0) is 64.5 Å². The molecular formula is C20H32ClN3O4S. The van der Waals surface area contributed by atoms with Crippen molar-refractivity contribution < 1.29 is 17.9 Å². The molecule has 1 atom stereocenters. The number of benzene rings is 1. The van der Waals surface area contributed by atoms with Crippen molar-refractivity contribution in [3.05, 3.63) is 18.2 Å². The number of rotatable bonds is 7. The lowest BCUT2D eigenvalue weighted by Gasteiger charge is -2.33. The van der Waals surface area contributed by atoms with Crippen molar-refractivity contribution in [2.24, 2.45) is 5.92 Å². The van der Waals surface area contributed by atoms with Crippen LogP contribution in [0.15, 0.2) is 18.2 Å². The Morgan fingerprint density at radius 2 is 1.86 bits per heavy atom. The van der Waals surface area contributed by atoms with E-state index in [2.05, 4.69) is 10.0 Å². The van der Waals surface area contributed by atoms with Gasteiger partial charge in [-0.15, -0.1) is 12.4 Å². The highest BCUT2D eigenvalue weighted by Crippen LogP contribution is 2.36. The summed E-state index contributed by atoms with van der Waals surface area (Å²) in [7, 11) is -3.12. The molecule has 1 aromatic rings. The number of likely N-dealkylation sites (N-methyl/N-ethyl adjacent to an activating group) is 1. The van der Waals surface area contributed by atoms with E-state index >= 15 is 0 Å². The van der Waals surface area contributed by atoms with Crippen molar-refractivity contribution in [2.75, 3.05) is 29.1 Å². The molecule has 1 fully saturated rings. The minimum atomic E-state index is -3.12. The first-order valence-corrected chi connectivity index (χ1v) is 11.8. The van der Waals surface area contributed by atoms with Gasteiger partial charge in [-0.25, -0.2) is 13.1 Å². The molecule has 1 saturated carbocycles. The SMILES string of the molecule is CCN1C(=O)C(C)Oc2cc(NCC3CCC(NS(=O)(=O)CC)CC3)ccc21.Cl. The second-order valence-corrected chi connectivity index (χ2v) is 9.69. The number of hydrogen-bond acceptors (Lipinski definition) is 5. The second kappa shape index (κ2) is 10.00. The van der Waals surface area contributed by atoms with E-state index < -0.39 is 16.1 Å². The van der Waals surface area contributed by atoms with Crippen LogP contribution in [0.4, 0.5) is 11.4 Å². The number of halogens is 1. The number of sulfonamides is 1. The molecule has 0 spiro atoms. The van der Waals surface area contributed by atoms with E-state index in [9.17, 15) is 13.2 Å². The van der Waals surface area contributed by atoms with Crippen LogP contribution in [0, 0.1) is 5.92 Å². The van der Waals surface area contributed by atoms with Crippen LogP contribution in [-0.4, -0.2) is 45.3 Å². The topological polar surface area (TPSA) is 87.7 Å². The van der Waals surface area contributed by atoms with Gasteiger partial charge in [0, 0.05) is 30.9 Å². The largest absolute Gasteiger partial charge is 0.479 e. The third-order valence-corrected chi connectivity index (χ3v) is 7.10. The van der Waals surface area contributed by atoms with Crippen LogP contribution in [0.5, 0.6) is 5.75 Å². The van der Waals surface area contributed by atoms with E-state index in [1.165, 1.54) is 0 Å². The Labute approximate surface area is 180 Å². The van der Waals surface area contributed by atoms with E-state index in [0.717, 1.165) is 49.4 Å². The molecule has 7 nitrogen and oxygen atoms in total. The Morgan fingerprint density at radius 3 is 2.48 bits per heavy atom. The number of carbonyl (C=O) groups excluding carboxylic acids is 1. The number of hydrogen-bond donors (Lipinski definition) is 2. The minimum Gasteiger partial charge on any atom is -0.479 e. The number of amides is 1. The summed E-state index contributed by atoms with van der Waals surface area (Å²) in [5.74, 6) is 1.38. The molecule has 1 aliphatic carbocycles. The summed E-state index contributed by atoms with van der Waals surface area (Å²) in [5, 5.41) is 3.48. The molecule has 29 heavy (non-hydrogen) atoms. The van der Waals surface area contributed by atoms with Gasteiger partial charge in [0.15, 0.2) is 6.10 Å². The highest BCUT2D eigenvalue weighted by molar-refractivity contribution is 7.89. The Hall–Kier alpha value is -1.51. The fourth-order valence-corrected chi connectivity index (χ4v) is 4.84. The zero-order chi connectivity index (χ0) is 20.3. The first kappa shape index (κ1) is 23.8. The van der Waals surface area contributed by atoms with Gasteiger partial charge >= 0.3 is 0 Å². The molecule has 9 heteroatoms. The van der Waals surface area contributed by atoms with Crippen LogP contribution in [0.2, 0.25) is 0 Å². The Kier molecular flexibility index (Phi) is 8.19. The lowest BCUT2D eigenvalue weighted by atomic mass is 9.86. The molecule has 1 heterocycles. The maximum atomic E-state index is 12.2. The fourth-order valence-electron chi connectivity index (χ4n) is 3.93. The predicted molar refractivity (Wildman–Crippen MR) is 119 cm³/mol. The summed E-state index contributed by atoms with van der Waals surface area (Å²) in [6.45, 7) is 6.87. The number of nitrogens with one attached hydrogen (secondary N) is 2. The molecule has 1 aromatic carbocycles. The number of carbonyl (C=O) groups is 1. The molecule has 2 N–H and O–H groups in total. The third kappa shape index (κ3) is 5.77. The zero-order valence-corrected chi connectivity index (χ0v) is 18.9. The Bertz CT molecular complexity index is 810. The molecule has 3 rings (SSSR count). The third-order valence-electron chi connectivity index (χ3n) is 5.65. The number of ether oxygens (including phenoxy) is 1. The van der Waals surface area contributed by atoms with Crippen LogP contribution in [-0.2, 0) is 14.8 Å². The van der Waals surface area contributed by atoms with Gasteiger partial charge in [-0.1, -0.05) is 0 Å². The van der Waals surface area contributed by atoms with Gasteiger partial charge in [0.25, 0.3) is 5.91 Å². The maximum Gasteiger partial charge on any atom is 0.267 e. The van der Waals surface area contributed by atoms with E-state index in [1.807, 2.05) is 25.1 Å². The maximum absolute atomic E-state index is 12.2. The van der Waals surface area contributed by atoms with Crippen molar-refractivity contribution >= 4 is 39.7 Å². The van der Waals surface area contributed by atoms with Crippen LogP contribution in [0.1, 0.15) is 46.5 Å². The molecule has 0 bridgehead atoms. The van der Waals surface area contributed by atoms with Crippen molar-refractivity contribution in [3.63, 3.8) is 0 Å². The molecule has 2 aliphatic rings. The Morgan fingerprint density at radius 1 is 1.17 bits per heavy atom. The first-order chi connectivity index (χ1) is 13.3. The lowest BCUT2D eigenvalue weighted by molar-refractivity contribution is -0.125. The molecule has 1 aliphatic heterocycles. The van der Waals surface area contributed by atoms with Crippen molar-refractivity contribution in [1.82, 2.24) is 4.72 Å². The second-order valence-electron chi connectivity index (χ2n) is 7.64. The monoisotopic (exact) mass is 445 g/mol. The van der Waals surface area contributed by atoms with Gasteiger partial charge < -0.3 is 15.0 Å². The predicted octanol–water partition coefficient (Wildman–Crippen LogP) is 3.15. The summed E-state index contributed by atoms with van der Waals surface area (Å²) >= 11 is 0. The molecular weight excluding hydrogens is 414 g/mol. The first-order valence-electron chi connectivity index (χ1n) is 10.2. The minimum absolute atomic E-state index is 0. The highest BCUT2D eigenvalue weighted by atomic mass is 35.5. The molecule has 164 valence electrons. The summed E-state index contributed by atoms with van der Waals surface area (Å²) in [5.41, 5.74) is 1.80. The van der Waals surface area contributed by atoms with Gasteiger partial charge in [0.2, 0.25) is 10.0 Å². The van der Waals surface area contributed by atoms with E-state index in [-0.39, 0.29) is 30.1 Å². The fraction of sp³-hybridized carbons (Fsp3) is 0.650. The van der Waals surface area contributed by atoms with Crippen molar-refractivity contribution in [2.45, 2.75) is 58.6 Å². The standard InChI is InChI=1S/C20H31N3O4S.ClH/c1-4-23-18-11-10-17(12-19(18)27-14(3)20(23)24)21-13-15-6-8-16(9-7-15)22-28(25,26)5-2;/h10-12,14-16,21-22H,4-9,13H2,1-3H3;1H. The average molecular weight is 446 g/mol. The Balaban J connectivity index is 0.00000300. The number of fused-ring (bicyclic) bond motifs is 1. The quantitative estimate of drug-likeness (QED) is 0.673. The molecule has 0 saturated heterocycles. The van der Waals surface area contributed by atoms with Crippen molar-refractivity contribution in [1.29, 1.82) is 0 Å². The number of nitrogens with zero attached hydrogens (tertiary/aromatic N) is 1. The van der Waals surface area contributed by atoms with Crippen LogP contribution < -0.4 is 19.7 Å². The normalized spacial score (nSPS) is 24.3. The molecule has 0 radical (unpaired) electrons. The van der Waals surface area contributed by atoms with Crippen LogP contribution in [0.3, 0.4) is 0 Å². The summed E-state index contributed by atoms with van der Waals surface area (Å²) in [6.07, 6.45) is 3.29. The molecule has 0 aromatic heterocycles. The van der Waals surface area contributed by atoms with Crippen LogP contribution in [0.25, 0.3) is 0 Å².